The summed E-state index contributed by atoms with van der Waals surface area (Å²) in [6.07, 6.45) is -3.02. The number of rotatable bonds is 4. The Bertz CT molecular complexity index is 1110. The van der Waals surface area contributed by atoms with Crippen LogP contribution in [0.15, 0.2) is 54.8 Å². The Hall–Kier alpha value is -1.69. The number of benzene rings is 2. The number of alkyl halides is 2. The molecular formula is C16H9Br2F3N2O3S. The van der Waals surface area contributed by atoms with Gasteiger partial charge in [-0.05, 0) is 35.9 Å². The molecule has 0 saturated heterocycles. The van der Waals surface area contributed by atoms with E-state index in [1.54, 1.807) is 18.2 Å². The summed E-state index contributed by atoms with van der Waals surface area (Å²) in [4.78, 5) is -0.743. The second-order valence-corrected chi connectivity index (χ2v) is 8.78. The van der Waals surface area contributed by atoms with E-state index in [4.69, 9.17) is 9.66 Å². The Balaban J connectivity index is 2.26. The van der Waals surface area contributed by atoms with Crippen molar-refractivity contribution in [1.29, 1.82) is 0 Å². The highest BCUT2D eigenvalue weighted by Gasteiger charge is 2.27. The average Bonchev–Trinajstić information content (AvgIpc) is 2.97. The number of nitrogens with two attached hydrogens (primary N) is 1. The fourth-order valence-electron chi connectivity index (χ4n) is 2.51. The average molecular weight is 526 g/mol. The van der Waals surface area contributed by atoms with Crippen molar-refractivity contribution in [1.82, 2.24) is 5.16 Å². The van der Waals surface area contributed by atoms with Crippen LogP contribution in [0.25, 0.3) is 22.4 Å². The van der Waals surface area contributed by atoms with E-state index in [0.717, 1.165) is 18.2 Å². The van der Waals surface area contributed by atoms with E-state index < -0.39 is 32.9 Å². The Labute approximate surface area is 168 Å². The van der Waals surface area contributed by atoms with E-state index in [1.165, 1.54) is 0 Å². The summed E-state index contributed by atoms with van der Waals surface area (Å²) < 4.78 is 69.9. The quantitative estimate of drug-likeness (QED) is 0.503. The number of nitrogens with zero attached hydrogens (tertiary/aromatic N) is 1. The van der Waals surface area contributed by atoms with Gasteiger partial charge in [0.15, 0.2) is 0 Å². The molecule has 0 bridgehead atoms. The molecule has 5 nitrogen and oxygen atoms in total. The SMILES string of the molecule is NS(=O)(=O)c1ccc(-c2c(-c3cc(Br)cc(Br)c3)noc2C(F)F)cc1F. The minimum Gasteiger partial charge on any atom is -0.354 e. The van der Waals surface area contributed by atoms with Crippen LogP contribution in [-0.2, 0) is 10.0 Å². The van der Waals surface area contributed by atoms with Gasteiger partial charge in [-0.15, -0.1) is 0 Å². The fraction of sp³-hybridized carbons (Fsp3) is 0.0625. The Morgan fingerprint density at radius 1 is 1.04 bits per heavy atom. The number of primary sulfonamides is 1. The van der Waals surface area contributed by atoms with Gasteiger partial charge in [0, 0.05) is 14.5 Å². The number of hydrogen-bond acceptors (Lipinski definition) is 4. The van der Waals surface area contributed by atoms with Crippen molar-refractivity contribution in [3.8, 4) is 22.4 Å². The molecule has 0 fully saturated rings. The number of sulfonamides is 1. The highest BCUT2D eigenvalue weighted by molar-refractivity contribution is 9.11. The Morgan fingerprint density at radius 2 is 1.67 bits per heavy atom. The molecule has 11 heteroatoms. The van der Waals surface area contributed by atoms with E-state index in [9.17, 15) is 21.6 Å². The molecule has 2 aromatic carbocycles. The van der Waals surface area contributed by atoms with Crippen molar-refractivity contribution in [2.45, 2.75) is 11.3 Å². The third-order valence-electron chi connectivity index (χ3n) is 3.58. The van der Waals surface area contributed by atoms with Crippen molar-refractivity contribution >= 4 is 41.9 Å². The fourth-order valence-corrected chi connectivity index (χ4v) is 4.39. The van der Waals surface area contributed by atoms with Gasteiger partial charge in [0.1, 0.15) is 16.4 Å². The zero-order chi connectivity index (χ0) is 19.9. The van der Waals surface area contributed by atoms with Crippen LogP contribution in [0.3, 0.4) is 0 Å². The lowest BCUT2D eigenvalue weighted by molar-refractivity contribution is 0.113. The molecule has 0 aliphatic heterocycles. The molecule has 2 N–H and O–H groups in total. The van der Waals surface area contributed by atoms with Crippen molar-refractivity contribution in [3.05, 3.63) is 56.9 Å². The summed E-state index contributed by atoms with van der Waals surface area (Å²) in [5.74, 6) is -1.93. The molecule has 0 radical (unpaired) electrons. The topological polar surface area (TPSA) is 86.2 Å². The van der Waals surface area contributed by atoms with Gasteiger partial charge >= 0.3 is 0 Å². The maximum atomic E-state index is 14.2. The summed E-state index contributed by atoms with van der Waals surface area (Å²) in [6.45, 7) is 0. The first-order chi connectivity index (χ1) is 12.6. The smallest absolute Gasteiger partial charge is 0.298 e. The Morgan fingerprint density at radius 3 is 2.19 bits per heavy atom. The first-order valence-electron chi connectivity index (χ1n) is 7.15. The van der Waals surface area contributed by atoms with Gasteiger partial charge in [-0.25, -0.2) is 26.7 Å². The highest BCUT2D eigenvalue weighted by Crippen LogP contribution is 2.40. The molecule has 0 atom stereocenters. The van der Waals surface area contributed by atoms with Crippen LogP contribution in [0.4, 0.5) is 13.2 Å². The summed E-state index contributed by atoms with van der Waals surface area (Å²) in [5, 5.41) is 8.63. The Kier molecular flexibility index (Phi) is 5.48. The molecule has 0 spiro atoms. The number of aromatic nitrogens is 1. The third kappa shape index (κ3) is 4.10. The first kappa shape index (κ1) is 20.1. The summed E-state index contributed by atoms with van der Waals surface area (Å²) >= 11 is 6.59. The van der Waals surface area contributed by atoms with Gasteiger partial charge in [-0.2, -0.15) is 0 Å². The molecule has 27 heavy (non-hydrogen) atoms. The predicted molar refractivity (Wildman–Crippen MR) is 99.1 cm³/mol. The zero-order valence-electron chi connectivity index (χ0n) is 13.1. The zero-order valence-corrected chi connectivity index (χ0v) is 17.1. The van der Waals surface area contributed by atoms with Gasteiger partial charge in [-0.1, -0.05) is 43.1 Å². The molecule has 0 saturated carbocycles. The van der Waals surface area contributed by atoms with E-state index in [2.05, 4.69) is 37.0 Å². The van der Waals surface area contributed by atoms with Crippen molar-refractivity contribution in [3.63, 3.8) is 0 Å². The molecule has 0 aliphatic carbocycles. The maximum Gasteiger partial charge on any atom is 0.298 e. The molecule has 0 aliphatic rings. The van der Waals surface area contributed by atoms with Crippen molar-refractivity contribution < 1.29 is 26.1 Å². The third-order valence-corrected chi connectivity index (χ3v) is 5.44. The van der Waals surface area contributed by atoms with Gasteiger partial charge in [0.05, 0.1) is 5.56 Å². The molecule has 0 unspecified atom stereocenters. The van der Waals surface area contributed by atoms with Gasteiger partial charge in [0.2, 0.25) is 15.8 Å². The summed E-state index contributed by atoms with van der Waals surface area (Å²) in [7, 11) is -4.29. The first-order valence-corrected chi connectivity index (χ1v) is 10.3. The maximum absolute atomic E-state index is 14.2. The van der Waals surface area contributed by atoms with Crippen LogP contribution in [-0.4, -0.2) is 13.6 Å². The van der Waals surface area contributed by atoms with E-state index in [1.807, 2.05) is 0 Å². The lowest BCUT2D eigenvalue weighted by Crippen LogP contribution is -2.14. The largest absolute Gasteiger partial charge is 0.354 e. The van der Waals surface area contributed by atoms with E-state index in [0.29, 0.717) is 14.5 Å². The summed E-state index contributed by atoms with van der Waals surface area (Å²) in [5.41, 5.74) is 0.310. The minimum absolute atomic E-state index is 0.0254. The number of halogens is 5. The van der Waals surface area contributed by atoms with Crippen molar-refractivity contribution in [2.24, 2.45) is 5.14 Å². The second kappa shape index (κ2) is 7.38. The van der Waals surface area contributed by atoms with Gasteiger partial charge < -0.3 is 4.52 Å². The van der Waals surface area contributed by atoms with Crippen LogP contribution in [0.5, 0.6) is 0 Å². The van der Waals surface area contributed by atoms with Crippen LogP contribution in [0.1, 0.15) is 12.2 Å². The molecule has 0 amide bonds. The van der Waals surface area contributed by atoms with Gasteiger partial charge in [0.25, 0.3) is 6.43 Å². The molecule has 1 heterocycles. The lowest BCUT2D eigenvalue weighted by Gasteiger charge is -2.08. The highest BCUT2D eigenvalue weighted by atomic mass is 79.9. The molecule has 3 aromatic rings. The van der Waals surface area contributed by atoms with Gasteiger partial charge in [-0.3, -0.25) is 0 Å². The van der Waals surface area contributed by atoms with Crippen LogP contribution >= 0.6 is 31.9 Å². The minimum atomic E-state index is -4.29. The summed E-state index contributed by atoms with van der Waals surface area (Å²) in [6, 6.07) is 7.85. The normalized spacial score (nSPS) is 12.0. The number of hydrogen-bond donors (Lipinski definition) is 1. The van der Waals surface area contributed by atoms with Crippen LogP contribution in [0.2, 0.25) is 0 Å². The monoisotopic (exact) mass is 524 g/mol. The standard InChI is InChI=1S/C16H9Br2F3N2O3S/c17-9-3-8(4-10(18)6-9)14-13(15(16(20)21)26-23-14)7-1-2-12(11(19)5-7)27(22,24)25/h1-6,16H,(H2,22,24,25). The van der Waals surface area contributed by atoms with Crippen LogP contribution in [0, 0.1) is 5.82 Å². The second-order valence-electron chi connectivity index (χ2n) is 5.42. The van der Waals surface area contributed by atoms with Crippen molar-refractivity contribution in [2.75, 3.05) is 0 Å². The predicted octanol–water partition coefficient (Wildman–Crippen LogP) is 5.26. The molecule has 1 aromatic heterocycles. The van der Waals surface area contributed by atoms with E-state index in [-0.39, 0.29) is 16.8 Å². The molecule has 142 valence electrons. The lowest BCUT2D eigenvalue weighted by atomic mass is 9.99. The molecular weight excluding hydrogens is 517 g/mol. The molecule has 3 rings (SSSR count). The van der Waals surface area contributed by atoms with E-state index >= 15 is 0 Å². The van der Waals surface area contributed by atoms with Crippen LogP contribution < -0.4 is 5.14 Å².